The van der Waals surface area contributed by atoms with Crippen LogP contribution in [0.25, 0.3) is 16.9 Å². The van der Waals surface area contributed by atoms with Crippen molar-refractivity contribution in [1.29, 1.82) is 0 Å². The van der Waals surface area contributed by atoms with Gasteiger partial charge in [-0.15, -0.1) is 0 Å². The van der Waals surface area contributed by atoms with Crippen LogP contribution >= 0.6 is 0 Å². The number of para-hydroxylation sites is 1. The normalized spacial score (nSPS) is 10.8. The first-order valence-electron chi connectivity index (χ1n) is 6.02. The van der Waals surface area contributed by atoms with Crippen LogP contribution < -0.4 is 5.32 Å². The fraction of sp³-hybridized carbons (Fsp3) is 0.143. The van der Waals surface area contributed by atoms with E-state index >= 15 is 0 Å². The Bertz CT molecular complexity index is 748. The van der Waals surface area contributed by atoms with Gasteiger partial charge < -0.3 is 10.4 Å². The van der Waals surface area contributed by atoms with Gasteiger partial charge in [-0.2, -0.15) is 5.10 Å². The summed E-state index contributed by atoms with van der Waals surface area (Å²) in [6, 6.07) is 9.09. The molecule has 2 aromatic heterocycles. The Morgan fingerprint density at radius 3 is 2.79 bits per heavy atom. The van der Waals surface area contributed by atoms with Crippen LogP contribution in [-0.2, 0) is 0 Å². The van der Waals surface area contributed by atoms with Gasteiger partial charge in [0.15, 0.2) is 5.65 Å². The van der Waals surface area contributed by atoms with Gasteiger partial charge >= 0.3 is 0 Å². The highest BCUT2D eigenvalue weighted by Gasteiger charge is 2.11. The summed E-state index contributed by atoms with van der Waals surface area (Å²) < 4.78 is 1.77. The smallest absolute Gasteiger partial charge is 0.179 e. The van der Waals surface area contributed by atoms with Crippen molar-refractivity contribution in [3.05, 3.63) is 42.2 Å². The molecular formula is C14H14N4O. The van der Waals surface area contributed by atoms with Crippen molar-refractivity contribution in [1.82, 2.24) is 14.6 Å². The van der Waals surface area contributed by atoms with E-state index in [-0.39, 0.29) is 5.75 Å². The molecule has 0 aliphatic heterocycles. The highest BCUT2D eigenvalue weighted by atomic mass is 16.3. The zero-order valence-electron chi connectivity index (χ0n) is 10.8. The fourth-order valence-corrected chi connectivity index (χ4v) is 2.12. The first-order chi connectivity index (χ1) is 9.20. The molecule has 0 bridgehead atoms. The molecule has 0 atom stereocenters. The molecule has 0 saturated carbocycles. The Hall–Kier alpha value is -2.56. The van der Waals surface area contributed by atoms with Gasteiger partial charge in [0.1, 0.15) is 5.75 Å². The van der Waals surface area contributed by atoms with Crippen molar-refractivity contribution >= 4 is 11.3 Å². The van der Waals surface area contributed by atoms with Crippen molar-refractivity contribution < 1.29 is 5.11 Å². The molecule has 0 aliphatic carbocycles. The average Bonchev–Trinajstić information content (AvgIpc) is 2.82. The summed E-state index contributed by atoms with van der Waals surface area (Å²) in [5.41, 5.74) is 4.03. The van der Waals surface area contributed by atoms with Crippen molar-refractivity contribution in [2.24, 2.45) is 0 Å². The van der Waals surface area contributed by atoms with Crippen LogP contribution in [0.3, 0.4) is 0 Å². The van der Waals surface area contributed by atoms with E-state index in [0.717, 1.165) is 28.3 Å². The molecule has 0 saturated heterocycles. The van der Waals surface area contributed by atoms with Gasteiger partial charge in [-0.1, -0.05) is 12.1 Å². The Labute approximate surface area is 110 Å². The molecule has 0 fully saturated rings. The number of anilines is 1. The summed E-state index contributed by atoms with van der Waals surface area (Å²) in [5, 5.41) is 17.3. The largest absolute Gasteiger partial charge is 0.507 e. The molecule has 0 unspecified atom stereocenters. The predicted octanol–water partition coefficient (Wildman–Crippen LogP) is 2.45. The van der Waals surface area contributed by atoms with Gasteiger partial charge in [-0.05, 0) is 25.1 Å². The molecule has 5 heteroatoms. The Balaban J connectivity index is 2.28. The number of phenolic OH excluding ortho intramolecular Hbond substituents is 1. The fourth-order valence-electron chi connectivity index (χ4n) is 2.12. The molecule has 1 aromatic carbocycles. The van der Waals surface area contributed by atoms with E-state index < -0.39 is 0 Å². The van der Waals surface area contributed by atoms with Gasteiger partial charge in [-0.3, -0.25) is 0 Å². The number of phenols is 1. The van der Waals surface area contributed by atoms with E-state index in [1.54, 1.807) is 22.8 Å². The molecule has 5 nitrogen and oxygen atoms in total. The first kappa shape index (κ1) is 11.5. The summed E-state index contributed by atoms with van der Waals surface area (Å²) in [6.45, 7) is 1.96. The van der Waals surface area contributed by atoms with E-state index in [0.29, 0.717) is 0 Å². The van der Waals surface area contributed by atoms with E-state index in [4.69, 9.17) is 0 Å². The monoisotopic (exact) mass is 254 g/mol. The van der Waals surface area contributed by atoms with Crippen LogP contribution in [0.15, 0.2) is 36.5 Å². The average molecular weight is 254 g/mol. The molecule has 19 heavy (non-hydrogen) atoms. The second-order valence-corrected chi connectivity index (χ2v) is 4.34. The van der Waals surface area contributed by atoms with Crippen LogP contribution in [0.4, 0.5) is 5.69 Å². The highest BCUT2D eigenvalue weighted by Crippen LogP contribution is 2.29. The molecule has 0 amide bonds. The van der Waals surface area contributed by atoms with Crippen molar-refractivity contribution in [3.63, 3.8) is 0 Å². The first-order valence-corrected chi connectivity index (χ1v) is 6.02. The quantitative estimate of drug-likeness (QED) is 0.737. The van der Waals surface area contributed by atoms with Crippen LogP contribution in [0, 0.1) is 6.92 Å². The van der Waals surface area contributed by atoms with Gasteiger partial charge in [0.25, 0.3) is 0 Å². The number of fused-ring (bicyclic) bond motifs is 1. The predicted molar refractivity (Wildman–Crippen MR) is 74.4 cm³/mol. The number of hydrogen-bond acceptors (Lipinski definition) is 4. The second kappa shape index (κ2) is 4.28. The summed E-state index contributed by atoms with van der Waals surface area (Å²) in [4.78, 5) is 4.58. The molecule has 96 valence electrons. The zero-order valence-corrected chi connectivity index (χ0v) is 10.8. The Morgan fingerprint density at radius 1 is 1.26 bits per heavy atom. The number of rotatable bonds is 2. The number of aryl methyl sites for hydroxylation is 1. The lowest BCUT2D eigenvalue weighted by Crippen LogP contribution is -1.99. The number of hydrogen-bond donors (Lipinski definition) is 2. The van der Waals surface area contributed by atoms with Crippen LogP contribution in [0.2, 0.25) is 0 Å². The minimum Gasteiger partial charge on any atom is -0.507 e. The molecule has 3 aromatic rings. The molecule has 3 rings (SSSR count). The van der Waals surface area contributed by atoms with Crippen molar-refractivity contribution in [2.45, 2.75) is 6.92 Å². The van der Waals surface area contributed by atoms with Crippen molar-refractivity contribution in [3.8, 4) is 17.0 Å². The third kappa shape index (κ3) is 1.79. The minimum atomic E-state index is 0.226. The number of nitrogens with zero attached hydrogens (tertiary/aromatic N) is 3. The van der Waals surface area contributed by atoms with Crippen LogP contribution in [0.5, 0.6) is 5.75 Å². The molecule has 0 spiro atoms. The molecular weight excluding hydrogens is 240 g/mol. The highest BCUT2D eigenvalue weighted by molar-refractivity contribution is 5.73. The van der Waals surface area contributed by atoms with E-state index in [1.807, 2.05) is 32.2 Å². The lowest BCUT2D eigenvalue weighted by Gasteiger charge is -2.07. The third-order valence-corrected chi connectivity index (χ3v) is 3.10. The Morgan fingerprint density at radius 2 is 2.05 bits per heavy atom. The third-order valence-electron chi connectivity index (χ3n) is 3.10. The van der Waals surface area contributed by atoms with Crippen LogP contribution in [-0.4, -0.2) is 26.8 Å². The number of aromatic hydroxyl groups is 1. The second-order valence-electron chi connectivity index (χ2n) is 4.34. The SMILES string of the molecule is CNc1cnn2c(C)cc(-c3ccccc3O)nc12. The number of benzene rings is 1. The summed E-state index contributed by atoms with van der Waals surface area (Å²) in [7, 11) is 1.83. The van der Waals surface area contributed by atoms with Gasteiger partial charge in [0.05, 0.1) is 17.6 Å². The zero-order chi connectivity index (χ0) is 13.4. The van der Waals surface area contributed by atoms with E-state index in [2.05, 4.69) is 15.4 Å². The molecule has 2 N–H and O–H groups in total. The van der Waals surface area contributed by atoms with E-state index in [1.165, 1.54) is 0 Å². The topological polar surface area (TPSA) is 62.5 Å². The van der Waals surface area contributed by atoms with Gasteiger partial charge in [0.2, 0.25) is 0 Å². The number of nitrogens with one attached hydrogen (secondary N) is 1. The van der Waals surface area contributed by atoms with Gasteiger partial charge in [0, 0.05) is 18.3 Å². The molecule has 0 aliphatic rings. The maximum absolute atomic E-state index is 9.93. The number of aromatic nitrogens is 3. The van der Waals surface area contributed by atoms with Gasteiger partial charge in [-0.25, -0.2) is 9.50 Å². The standard InChI is InChI=1S/C14H14N4O/c1-9-7-11(10-5-3-4-6-13(10)19)17-14-12(15-2)8-16-18(9)14/h3-8,15,19H,1-2H3. The molecule has 0 radical (unpaired) electrons. The summed E-state index contributed by atoms with van der Waals surface area (Å²) in [5.74, 6) is 0.226. The Kier molecular flexibility index (Phi) is 2.59. The van der Waals surface area contributed by atoms with Crippen molar-refractivity contribution in [2.75, 3.05) is 12.4 Å². The minimum absolute atomic E-state index is 0.226. The summed E-state index contributed by atoms with van der Waals surface area (Å²) in [6.07, 6.45) is 1.74. The maximum Gasteiger partial charge on any atom is 0.179 e. The maximum atomic E-state index is 9.93. The van der Waals surface area contributed by atoms with Crippen LogP contribution in [0.1, 0.15) is 5.69 Å². The lowest BCUT2D eigenvalue weighted by molar-refractivity contribution is 0.477. The lowest BCUT2D eigenvalue weighted by atomic mass is 10.1. The van der Waals surface area contributed by atoms with E-state index in [9.17, 15) is 5.11 Å². The summed E-state index contributed by atoms with van der Waals surface area (Å²) >= 11 is 0. The molecule has 2 heterocycles.